The van der Waals surface area contributed by atoms with Crippen LogP contribution in [0.4, 0.5) is 5.82 Å². The average molecular weight is 421 g/mol. The lowest BCUT2D eigenvalue weighted by molar-refractivity contribution is 0.310. The van der Waals surface area contributed by atoms with Gasteiger partial charge in [-0.2, -0.15) is 0 Å². The van der Waals surface area contributed by atoms with E-state index in [1.54, 1.807) is 0 Å². The molecule has 0 aromatic carbocycles. The van der Waals surface area contributed by atoms with Gasteiger partial charge in [-0.3, -0.25) is 15.8 Å². The third-order valence-corrected chi connectivity index (χ3v) is 8.18. The van der Waals surface area contributed by atoms with Gasteiger partial charge in [0.1, 0.15) is 10.6 Å². The summed E-state index contributed by atoms with van der Waals surface area (Å²) in [6, 6.07) is 4.66. The lowest BCUT2D eigenvalue weighted by atomic mass is 9.88. The molecule has 3 aromatic rings. The number of rotatable bonds is 3. The van der Waals surface area contributed by atoms with Crippen molar-refractivity contribution < 1.29 is 0 Å². The number of anilines is 1. The van der Waals surface area contributed by atoms with E-state index in [4.69, 9.17) is 9.97 Å². The van der Waals surface area contributed by atoms with Gasteiger partial charge in [-0.05, 0) is 68.6 Å². The Hall–Kier alpha value is -2.09. The molecule has 3 aromatic heterocycles. The van der Waals surface area contributed by atoms with Crippen molar-refractivity contribution >= 4 is 27.4 Å². The molecule has 2 N–H and O–H groups in total. The van der Waals surface area contributed by atoms with Crippen molar-refractivity contribution in [1.82, 2.24) is 25.8 Å². The zero-order chi connectivity index (χ0) is 19.9. The highest BCUT2D eigenvalue weighted by Gasteiger charge is 2.31. The van der Waals surface area contributed by atoms with E-state index < -0.39 is 0 Å². The average Bonchev–Trinajstić information content (AvgIpc) is 3.47. The summed E-state index contributed by atoms with van der Waals surface area (Å²) in [7, 11) is 0. The fourth-order valence-corrected chi connectivity index (χ4v) is 6.62. The van der Waals surface area contributed by atoms with Gasteiger partial charge in [0, 0.05) is 48.5 Å². The molecule has 6 nitrogen and oxygen atoms in total. The van der Waals surface area contributed by atoms with E-state index in [2.05, 4.69) is 26.8 Å². The second kappa shape index (κ2) is 7.87. The summed E-state index contributed by atoms with van der Waals surface area (Å²) in [5.41, 5.74) is 9.31. The molecule has 3 aliphatic rings. The molecule has 0 bridgehead atoms. The number of piperidine rings is 1. The SMILES string of the molecule is c1cncc(-c2nc(N3CCC(C4CCNN4)CC3)c3c4c(sc3n2)CCCC4)c1. The van der Waals surface area contributed by atoms with E-state index >= 15 is 0 Å². The van der Waals surface area contributed by atoms with Crippen LogP contribution in [0.1, 0.15) is 42.5 Å². The first-order valence-corrected chi connectivity index (χ1v) is 12.1. The topological polar surface area (TPSA) is 66.0 Å². The molecule has 1 unspecified atom stereocenters. The molecule has 6 rings (SSSR count). The van der Waals surface area contributed by atoms with E-state index in [0.717, 1.165) is 47.6 Å². The Balaban J connectivity index is 1.39. The highest BCUT2D eigenvalue weighted by Crippen LogP contribution is 2.41. The smallest absolute Gasteiger partial charge is 0.164 e. The van der Waals surface area contributed by atoms with Crippen molar-refractivity contribution in [2.24, 2.45) is 5.92 Å². The summed E-state index contributed by atoms with van der Waals surface area (Å²) in [4.78, 5) is 19.7. The minimum atomic E-state index is 0.623. The van der Waals surface area contributed by atoms with Crippen molar-refractivity contribution in [3.8, 4) is 11.4 Å². The molecule has 5 heterocycles. The van der Waals surface area contributed by atoms with Crippen LogP contribution in [0.5, 0.6) is 0 Å². The van der Waals surface area contributed by atoms with E-state index in [-0.39, 0.29) is 0 Å². The van der Waals surface area contributed by atoms with Gasteiger partial charge in [-0.1, -0.05) is 0 Å². The summed E-state index contributed by atoms with van der Waals surface area (Å²) in [5.74, 6) is 2.73. The minimum Gasteiger partial charge on any atom is -0.356 e. The molecule has 0 radical (unpaired) electrons. The summed E-state index contributed by atoms with van der Waals surface area (Å²) in [6.07, 6.45) is 12.3. The maximum atomic E-state index is 5.15. The molecular formula is C23H28N6S. The van der Waals surface area contributed by atoms with E-state index in [0.29, 0.717) is 6.04 Å². The van der Waals surface area contributed by atoms with E-state index in [1.807, 2.05) is 29.8 Å². The highest BCUT2D eigenvalue weighted by atomic mass is 32.1. The Labute approximate surface area is 181 Å². The largest absolute Gasteiger partial charge is 0.356 e. The molecule has 1 atom stereocenters. The first-order valence-electron chi connectivity index (χ1n) is 11.3. The Morgan fingerprint density at radius 2 is 1.97 bits per heavy atom. The Morgan fingerprint density at radius 3 is 2.77 bits per heavy atom. The summed E-state index contributed by atoms with van der Waals surface area (Å²) < 4.78 is 0. The monoisotopic (exact) mass is 420 g/mol. The van der Waals surface area contributed by atoms with Gasteiger partial charge in [-0.15, -0.1) is 11.3 Å². The van der Waals surface area contributed by atoms with Crippen LogP contribution in [0.3, 0.4) is 0 Å². The molecule has 0 amide bonds. The van der Waals surface area contributed by atoms with Gasteiger partial charge in [0.2, 0.25) is 0 Å². The third kappa shape index (κ3) is 3.29. The lowest BCUT2D eigenvalue weighted by Crippen LogP contribution is -2.43. The molecule has 2 fully saturated rings. The van der Waals surface area contributed by atoms with Gasteiger partial charge in [0.05, 0.1) is 5.39 Å². The van der Waals surface area contributed by atoms with Crippen LogP contribution in [-0.2, 0) is 12.8 Å². The number of aromatic nitrogens is 3. The Bertz CT molecular complexity index is 1030. The van der Waals surface area contributed by atoms with Crippen LogP contribution in [0.2, 0.25) is 0 Å². The van der Waals surface area contributed by atoms with Crippen LogP contribution < -0.4 is 15.8 Å². The van der Waals surface area contributed by atoms with Crippen molar-refractivity contribution in [2.75, 3.05) is 24.5 Å². The zero-order valence-corrected chi connectivity index (χ0v) is 18.0. The lowest BCUT2D eigenvalue weighted by Gasteiger charge is -2.35. The number of hydrazine groups is 1. The predicted octanol–water partition coefficient (Wildman–Crippen LogP) is 3.72. The second-order valence-electron chi connectivity index (χ2n) is 8.79. The number of nitrogens with one attached hydrogen (secondary N) is 2. The number of pyridine rings is 1. The first-order chi connectivity index (χ1) is 14.9. The van der Waals surface area contributed by atoms with Gasteiger partial charge in [0.15, 0.2) is 5.82 Å². The number of thiophene rings is 1. The molecule has 2 aliphatic heterocycles. The summed E-state index contributed by atoms with van der Waals surface area (Å²) >= 11 is 1.89. The minimum absolute atomic E-state index is 0.623. The molecule has 0 spiro atoms. The summed E-state index contributed by atoms with van der Waals surface area (Å²) in [6.45, 7) is 3.24. The molecule has 1 aliphatic carbocycles. The standard InChI is InChI=1S/C23H28N6S/c1-2-6-19-17(5-1)20-22(29-12-8-15(9-13-29)18-7-11-25-28-18)26-21(27-23(20)30-19)16-4-3-10-24-14-16/h3-4,10,14-15,18,25,28H,1-2,5-9,11-13H2. The maximum Gasteiger partial charge on any atom is 0.164 e. The fourth-order valence-electron chi connectivity index (χ4n) is 5.36. The van der Waals surface area contributed by atoms with Crippen molar-refractivity contribution in [3.05, 3.63) is 35.0 Å². The highest BCUT2D eigenvalue weighted by molar-refractivity contribution is 7.19. The molecule has 0 saturated carbocycles. The number of hydrogen-bond donors (Lipinski definition) is 2. The molecule has 7 heteroatoms. The van der Waals surface area contributed by atoms with Crippen molar-refractivity contribution in [3.63, 3.8) is 0 Å². The fraction of sp³-hybridized carbons (Fsp3) is 0.522. The van der Waals surface area contributed by atoms with Crippen LogP contribution in [0.25, 0.3) is 21.6 Å². The zero-order valence-electron chi connectivity index (χ0n) is 17.2. The van der Waals surface area contributed by atoms with E-state index in [9.17, 15) is 0 Å². The van der Waals surface area contributed by atoms with Gasteiger partial charge in [0.25, 0.3) is 0 Å². The van der Waals surface area contributed by atoms with Gasteiger partial charge >= 0.3 is 0 Å². The Morgan fingerprint density at radius 1 is 1.07 bits per heavy atom. The molecule has 30 heavy (non-hydrogen) atoms. The van der Waals surface area contributed by atoms with Gasteiger partial charge < -0.3 is 4.90 Å². The number of nitrogens with zero attached hydrogens (tertiary/aromatic N) is 4. The van der Waals surface area contributed by atoms with Crippen LogP contribution in [0, 0.1) is 5.92 Å². The van der Waals surface area contributed by atoms with Crippen molar-refractivity contribution in [1.29, 1.82) is 0 Å². The van der Waals surface area contributed by atoms with Crippen LogP contribution in [-0.4, -0.2) is 40.6 Å². The molecular weight excluding hydrogens is 392 g/mol. The summed E-state index contributed by atoms with van der Waals surface area (Å²) in [5, 5.41) is 1.33. The first kappa shape index (κ1) is 18.7. The van der Waals surface area contributed by atoms with Crippen LogP contribution >= 0.6 is 11.3 Å². The normalized spacial score (nSPS) is 22.5. The predicted molar refractivity (Wildman–Crippen MR) is 122 cm³/mol. The number of aryl methyl sites for hydroxylation is 2. The third-order valence-electron chi connectivity index (χ3n) is 6.99. The van der Waals surface area contributed by atoms with Crippen molar-refractivity contribution in [2.45, 2.75) is 51.0 Å². The van der Waals surface area contributed by atoms with Crippen LogP contribution in [0.15, 0.2) is 24.5 Å². The Kier molecular flexibility index (Phi) is 4.90. The van der Waals surface area contributed by atoms with E-state index in [1.165, 1.54) is 60.8 Å². The maximum absolute atomic E-state index is 5.15. The number of hydrogen-bond acceptors (Lipinski definition) is 7. The second-order valence-corrected chi connectivity index (χ2v) is 9.88. The number of fused-ring (bicyclic) bond motifs is 3. The van der Waals surface area contributed by atoms with Gasteiger partial charge in [-0.25, -0.2) is 9.97 Å². The molecule has 2 saturated heterocycles. The molecule has 156 valence electrons. The quantitative estimate of drug-likeness (QED) is 0.673.